The topological polar surface area (TPSA) is 3.88 Å². The molecule has 0 radical (unpaired) electrons. The van der Waals surface area contributed by atoms with Gasteiger partial charge in [0, 0.05) is 22.0 Å². The third-order valence-corrected chi connectivity index (χ3v) is 7.91. The van der Waals surface area contributed by atoms with Crippen molar-refractivity contribution in [2.45, 2.75) is 25.1 Å². The molecular formula is C23H22Br2N+. The Hall–Kier alpha value is -1.45. The Morgan fingerprint density at radius 1 is 1.04 bits per heavy atom. The summed E-state index contributed by atoms with van der Waals surface area (Å²) < 4.78 is 3.22. The number of aromatic nitrogens is 1. The highest BCUT2D eigenvalue weighted by molar-refractivity contribution is 9.10. The van der Waals surface area contributed by atoms with E-state index in [2.05, 4.69) is 119 Å². The molecule has 26 heavy (non-hydrogen) atoms. The zero-order valence-electron chi connectivity index (χ0n) is 15.5. The van der Waals surface area contributed by atoms with Crippen LogP contribution in [-0.4, -0.2) is 0 Å². The minimum absolute atomic E-state index is 0.182. The van der Waals surface area contributed by atoms with Gasteiger partial charge in [0.25, 0.3) is 0 Å². The van der Waals surface area contributed by atoms with Gasteiger partial charge in [-0.15, -0.1) is 0 Å². The van der Waals surface area contributed by atoms with Crippen LogP contribution in [0.2, 0.25) is 0 Å². The largest absolute Gasteiger partial charge is 0.213 e. The lowest BCUT2D eigenvalue weighted by Gasteiger charge is -2.37. The average molecular weight is 472 g/mol. The van der Waals surface area contributed by atoms with Crippen molar-refractivity contribution in [3.05, 3.63) is 75.8 Å². The summed E-state index contributed by atoms with van der Waals surface area (Å²) in [6, 6.07) is 15.5. The Kier molecular flexibility index (Phi) is 4.36. The number of benzene rings is 2. The number of aryl methyl sites for hydroxylation is 1. The highest BCUT2D eigenvalue weighted by Crippen LogP contribution is 2.50. The van der Waals surface area contributed by atoms with Crippen molar-refractivity contribution in [2.24, 2.45) is 13.0 Å². The molecule has 132 valence electrons. The maximum atomic E-state index is 4.16. The Morgan fingerprint density at radius 3 is 2.54 bits per heavy atom. The van der Waals surface area contributed by atoms with Crippen molar-refractivity contribution in [3.8, 4) is 0 Å². The van der Waals surface area contributed by atoms with E-state index in [9.17, 15) is 0 Å². The van der Waals surface area contributed by atoms with Gasteiger partial charge in [0.15, 0.2) is 0 Å². The zero-order chi connectivity index (χ0) is 18.6. The molecular weight excluding hydrogens is 450 g/mol. The van der Waals surface area contributed by atoms with Gasteiger partial charge in [0.05, 0.1) is 9.71 Å². The van der Waals surface area contributed by atoms with Crippen LogP contribution >= 0.6 is 31.9 Å². The Labute approximate surface area is 171 Å². The van der Waals surface area contributed by atoms with Crippen molar-refractivity contribution in [1.29, 1.82) is 0 Å². The van der Waals surface area contributed by atoms with Crippen molar-refractivity contribution < 1.29 is 4.57 Å². The molecule has 0 saturated heterocycles. The van der Waals surface area contributed by atoms with E-state index >= 15 is 0 Å². The number of pyridine rings is 1. The van der Waals surface area contributed by atoms with Crippen LogP contribution in [0.15, 0.2) is 70.2 Å². The van der Waals surface area contributed by atoms with Gasteiger partial charge < -0.3 is 0 Å². The Morgan fingerprint density at radius 2 is 1.81 bits per heavy atom. The summed E-state index contributed by atoms with van der Waals surface area (Å²) in [5.41, 5.74) is 6.51. The molecule has 0 spiro atoms. The van der Waals surface area contributed by atoms with E-state index in [-0.39, 0.29) is 4.32 Å². The van der Waals surface area contributed by atoms with E-state index in [0.717, 1.165) is 4.47 Å². The van der Waals surface area contributed by atoms with Gasteiger partial charge in [0.2, 0.25) is 11.0 Å². The molecule has 0 aliphatic heterocycles. The second-order valence-corrected chi connectivity index (χ2v) is 9.55. The van der Waals surface area contributed by atoms with Gasteiger partial charge in [-0.25, -0.2) is 0 Å². The van der Waals surface area contributed by atoms with Crippen LogP contribution in [0.4, 0.5) is 0 Å². The van der Waals surface area contributed by atoms with Crippen LogP contribution in [0.5, 0.6) is 0 Å². The lowest BCUT2D eigenvalue weighted by molar-refractivity contribution is -0.617. The summed E-state index contributed by atoms with van der Waals surface area (Å²) in [6.45, 7) is 6.71. The van der Waals surface area contributed by atoms with Gasteiger partial charge in [0.1, 0.15) is 7.05 Å². The van der Waals surface area contributed by atoms with Crippen molar-refractivity contribution in [1.82, 2.24) is 0 Å². The van der Waals surface area contributed by atoms with E-state index in [1.807, 2.05) is 0 Å². The molecule has 3 aromatic rings. The van der Waals surface area contributed by atoms with Crippen LogP contribution in [0.25, 0.3) is 21.8 Å². The molecule has 3 heteroatoms. The quantitative estimate of drug-likeness (QED) is 0.211. The molecule has 0 bridgehead atoms. The van der Waals surface area contributed by atoms with Crippen LogP contribution in [0, 0.1) is 5.92 Å². The average Bonchev–Trinajstić information content (AvgIpc) is 2.59. The van der Waals surface area contributed by atoms with Crippen LogP contribution in [-0.2, 0) is 11.4 Å². The summed E-state index contributed by atoms with van der Waals surface area (Å²) in [6.07, 6.45) is 4.66. The van der Waals surface area contributed by atoms with E-state index in [1.165, 1.54) is 38.5 Å². The molecule has 4 rings (SSSR count). The van der Waals surface area contributed by atoms with Gasteiger partial charge in [-0.3, -0.25) is 0 Å². The predicted octanol–water partition coefficient (Wildman–Crippen LogP) is 6.71. The molecule has 1 aliphatic carbocycles. The molecule has 0 fully saturated rings. The molecule has 2 unspecified atom stereocenters. The van der Waals surface area contributed by atoms with E-state index < -0.39 is 0 Å². The van der Waals surface area contributed by atoms with Crippen LogP contribution < -0.4 is 4.57 Å². The number of hydrogen-bond acceptors (Lipinski definition) is 0. The fraction of sp³-hybridized carbons (Fsp3) is 0.261. The molecule has 1 nitrogen and oxygen atoms in total. The van der Waals surface area contributed by atoms with Gasteiger partial charge in [-0.1, -0.05) is 74.2 Å². The summed E-state index contributed by atoms with van der Waals surface area (Å²) >= 11 is 7.77. The molecule has 1 heterocycles. The third kappa shape index (κ3) is 2.59. The second kappa shape index (κ2) is 6.31. The number of nitrogens with zero attached hydrogens (tertiary/aromatic N) is 1. The van der Waals surface area contributed by atoms with Gasteiger partial charge in [-0.05, 0) is 43.5 Å². The second-order valence-electron chi connectivity index (χ2n) is 7.38. The molecule has 0 saturated carbocycles. The van der Waals surface area contributed by atoms with Crippen LogP contribution in [0.3, 0.4) is 0 Å². The lowest BCUT2D eigenvalue weighted by Crippen LogP contribution is -2.33. The number of allylic oxidation sites excluding steroid dienone is 4. The summed E-state index contributed by atoms with van der Waals surface area (Å²) in [5.74, 6) is 0.376. The Bertz CT molecular complexity index is 1110. The van der Waals surface area contributed by atoms with Gasteiger partial charge in [-0.2, -0.15) is 4.57 Å². The first-order chi connectivity index (χ1) is 12.3. The maximum Gasteiger partial charge on any atom is 0.213 e. The highest BCUT2D eigenvalue weighted by atomic mass is 79.9. The fourth-order valence-corrected chi connectivity index (χ4v) is 5.34. The number of halogens is 2. The number of alkyl halides is 1. The third-order valence-electron chi connectivity index (χ3n) is 5.65. The summed E-state index contributed by atoms with van der Waals surface area (Å²) in [7, 11) is 2.15. The van der Waals surface area contributed by atoms with Crippen molar-refractivity contribution >= 4 is 53.7 Å². The first kappa shape index (κ1) is 17.9. The SMILES string of the molecule is CC1=CC(C)C(Br)(c2cccc3c2cc2cc(Br)ccc2[n+]3C)C(C)=C1. The maximum absolute atomic E-state index is 4.16. The smallest absolute Gasteiger partial charge is 0.194 e. The van der Waals surface area contributed by atoms with Crippen molar-refractivity contribution in [2.75, 3.05) is 0 Å². The highest BCUT2D eigenvalue weighted by Gasteiger charge is 2.39. The van der Waals surface area contributed by atoms with Crippen LogP contribution in [0.1, 0.15) is 26.3 Å². The molecule has 1 aliphatic rings. The molecule has 2 aromatic carbocycles. The number of fused-ring (bicyclic) bond motifs is 2. The van der Waals surface area contributed by atoms with E-state index in [4.69, 9.17) is 0 Å². The van der Waals surface area contributed by atoms with E-state index in [1.54, 1.807) is 0 Å². The molecule has 2 atom stereocenters. The minimum atomic E-state index is -0.182. The summed E-state index contributed by atoms with van der Waals surface area (Å²) in [5, 5.41) is 2.54. The molecule has 0 amide bonds. The van der Waals surface area contributed by atoms with E-state index in [0.29, 0.717) is 5.92 Å². The number of rotatable bonds is 1. The predicted molar refractivity (Wildman–Crippen MR) is 118 cm³/mol. The Balaban J connectivity index is 2.08. The van der Waals surface area contributed by atoms with Crippen molar-refractivity contribution in [3.63, 3.8) is 0 Å². The van der Waals surface area contributed by atoms with Gasteiger partial charge >= 0.3 is 0 Å². The molecule has 1 aromatic heterocycles. The fourth-order valence-electron chi connectivity index (χ4n) is 4.37. The summed E-state index contributed by atoms with van der Waals surface area (Å²) in [4.78, 5) is 0. The lowest BCUT2D eigenvalue weighted by atomic mass is 9.76. The minimum Gasteiger partial charge on any atom is -0.194 e. The molecule has 0 N–H and O–H groups in total. The standard InChI is InChI=1S/C23H22Br2N/c1-14-10-15(2)23(25,16(3)11-14)20-6-5-7-22-19(20)13-17-12-18(24)8-9-21(17)26(22)4/h5-13,15H,1-4H3/q+1. The monoisotopic (exact) mass is 470 g/mol. The first-order valence-corrected chi connectivity index (χ1v) is 10.5. The zero-order valence-corrected chi connectivity index (χ0v) is 18.6. The first-order valence-electron chi connectivity index (χ1n) is 8.90. The normalized spacial score (nSPS) is 23.2. The number of hydrogen-bond donors (Lipinski definition) is 0.